The Bertz CT molecular complexity index is 347. The van der Waals surface area contributed by atoms with Gasteiger partial charge in [0.1, 0.15) is 0 Å². The van der Waals surface area contributed by atoms with Crippen molar-refractivity contribution in [3.05, 3.63) is 24.0 Å². The second-order valence-corrected chi connectivity index (χ2v) is 4.89. The molecule has 1 aliphatic carbocycles. The number of hydrogen-bond donors (Lipinski definition) is 2. The van der Waals surface area contributed by atoms with Crippen molar-refractivity contribution in [2.45, 2.75) is 32.4 Å². The molecule has 0 spiro atoms. The van der Waals surface area contributed by atoms with E-state index in [1.165, 1.54) is 18.4 Å². The van der Waals surface area contributed by atoms with E-state index in [0.717, 1.165) is 19.0 Å². The van der Waals surface area contributed by atoms with E-state index < -0.39 is 0 Å². The third-order valence-corrected chi connectivity index (χ3v) is 3.38. The van der Waals surface area contributed by atoms with Crippen LogP contribution in [0.5, 0.6) is 0 Å². The van der Waals surface area contributed by atoms with Crippen LogP contribution in [0.25, 0.3) is 0 Å². The van der Waals surface area contributed by atoms with Gasteiger partial charge in [0.25, 0.3) is 0 Å². The molecule has 1 aromatic heterocycles. The van der Waals surface area contributed by atoms with Gasteiger partial charge in [0, 0.05) is 25.0 Å². The molecule has 18 heavy (non-hydrogen) atoms. The summed E-state index contributed by atoms with van der Waals surface area (Å²) in [6.07, 6.45) is 7.03. The second kappa shape index (κ2) is 6.92. The molecular weight excluding hydrogens is 228 g/mol. The van der Waals surface area contributed by atoms with E-state index in [9.17, 15) is 0 Å². The molecule has 1 heterocycles. The lowest BCUT2D eigenvalue weighted by molar-refractivity contribution is 0.0870. The zero-order valence-corrected chi connectivity index (χ0v) is 11.1. The quantitative estimate of drug-likeness (QED) is 0.656. The van der Waals surface area contributed by atoms with Crippen molar-refractivity contribution in [2.75, 3.05) is 26.4 Å². The van der Waals surface area contributed by atoms with Crippen molar-refractivity contribution in [1.29, 1.82) is 0 Å². The maximum atomic E-state index is 8.63. The first-order valence-corrected chi connectivity index (χ1v) is 6.92. The fourth-order valence-electron chi connectivity index (χ4n) is 2.33. The van der Waals surface area contributed by atoms with Crippen molar-refractivity contribution in [1.82, 2.24) is 9.88 Å². The van der Waals surface area contributed by atoms with Crippen molar-refractivity contribution >= 4 is 0 Å². The lowest BCUT2D eigenvalue weighted by atomic mass is 10.1. The van der Waals surface area contributed by atoms with Gasteiger partial charge in [-0.2, -0.15) is 0 Å². The van der Waals surface area contributed by atoms with Crippen LogP contribution in [0.3, 0.4) is 0 Å². The normalized spacial score (nSPS) is 17.0. The van der Waals surface area contributed by atoms with Crippen LogP contribution in [-0.4, -0.2) is 36.0 Å². The molecule has 1 fully saturated rings. The summed E-state index contributed by atoms with van der Waals surface area (Å²) in [5.74, 6) is 0.825. The molecule has 1 aromatic rings. The van der Waals surface area contributed by atoms with E-state index in [1.54, 1.807) is 0 Å². The van der Waals surface area contributed by atoms with Crippen LogP contribution in [0.15, 0.2) is 18.5 Å². The number of aromatic nitrogens is 1. The van der Waals surface area contributed by atoms with E-state index in [2.05, 4.69) is 35.3 Å². The minimum Gasteiger partial charge on any atom is -0.394 e. The molecule has 1 saturated carbocycles. The summed E-state index contributed by atoms with van der Waals surface area (Å²) in [7, 11) is 0. The molecule has 102 valence electrons. The molecule has 1 atom stereocenters. The lowest BCUT2D eigenvalue weighted by Crippen LogP contribution is -2.22. The van der Waals surface area contributed by atoms with Crippen molar-refractivity contribution in [2.24, 2.45) is 5.92 Å². The molecule has 0 radical (unpaired) electrons. The zero-order chi connectivity index (χ0) is 12.8. The highest BCUT2D eigenvalue weighted by molar-refractivity contribution is 5.18. The summed E-state index contributed by atoms with van der Waals surface area (Å²) in [6.45, 7) is 5.21. The number of ether oxygens (including phenoxy) is 1. The second-order valence-electron chi connectivity index (χ2n) is 4.89. The highest BCUT2D eigenvalue weighted by Gasteiger charge is 2.31. The van der Waals surface area contributed by atoms with Crippen LogP contribution < -0.4 is 5.32 Å². The average Bonchev–Trinajstić information content (AvgIpc) is 3.11. The SMILES string of the molecule is CCNC(c1ccn(CCOCCO)c1)C1CC1. The molecule has 0 saturated heterocycles. The summed E-state index contributed by atoms with van der Waals surface area (Å²) in [6, 6.07) is 2.73. The Morgan fingerprint density at radius 2 is 2.33 bits per heavy atom. The Balaban J connectivity index is 1.83. The molecule has 0 amide bonds. The average molecular weight is 252 g/mol. The highest BCUT2D eigenvalue weighted by atomic mass is 16.5. The lowest BCUT2D eigenvalue weighted by Gasteiger charge is -2.15. The molecule has 0 aromatic carbocycles. The number of nitrogens with zero attached hydrogens (tertiary/aromatic N) is 1. The number of nitrogens with one attached hydrogen (secondary N) is 1. The fourth-order valence-corrected chi connectivity index (χ4v) is 2.33. The Hall–Kier alpha value is -0.840. The first-order chi connectivity index (χ1) is 8.85. The molecule has 4 heteroatoms. The Kier molecular flexibility index (Phi) is 5.23. The van der Waals surface area contributed by atoms with Gasteiger partial charge in [0.05, 0.1) is 19.8 Å². The Morgan fingerprint density at radius 1 is 1.50 bits per heavy atom. The molecule has 4 nitrogen and oxygen atoms in total. The van der Waals surface area contributed by atoms with Gasteiger partial charge in [0.2, 0.25) is 0 Å². The molecule has 0 bridgehead atoms. The summed E-state index contributed by atoms with van der Waals surface area (Å²) < 4.78 is 7.44. The topological polar surface area (TPSA) is 46.4 Å². The predicted octanol–water partition coefficient (Wildman–Crippen LogP) is 1.56. The molecule has 1 unspecified atom stereocenters. The van der Waals surface area contributed by atoms with Crippen LogP contribution in [-0.2, 0) is 11.3 Å². The maximum Gasteiger partial charge on any atom is 0.0698 e. The van der Waals surface area contributed by atoms with E-state index in [-0.39, 0.29) is 6.61 Å². The van der Waals surface area contributed by atoms with Crippen molar-refractivity contribution in [3.63, 3.8) is 0 Å². The van der Waals surface area contributed by atoms with Crippen molar-refractivity contribution in [3.8, 4) is 0 Å². The number of aliphatic hydroxyl groups excluding tert-OH is 1. The van der Waals surface area contributed by atoms with Crippen molar-refractivity contribution < 1.29 is 9.84 Å². The summed E-state index contributed by atoms with van der Waals surface area (Å²) in [5, 5.41) is 12.2. The van der Waals surface area contributed by atoms with Crippen LogP contribution in [0.2, 0.25) is 0 Å². The van der Waals surface area contributed by atoms with Gasteiger partial charge < -0.3 is 19.7 Å². The first kappa shape index (κ1) is 13.6. The summed E-state index contributed by atoms with van der Waals surface area (Å²) in [4.78, 5) is 0. The van der Waals surface area contributed by atoms with Crippen LogP contribution in [0.4, 0.5) is 0 Å². The molecular formula is C14H24N2O2. The predicted molar refractivity (Wildman–Crippen MR) is 71.5 cm³/mol. The van der Waals surface area contributed by atoms with Gasteiger partial charge in [-0.15, -0.1) is 0 Å². The number of hydrogen-bond acceptors (Lipinski definition) is 3. The van der Waals surface area contributed by atoms with E-state index in [1.807, 2.05) is 0 Å². The summed E-state index contributed by atoms with van der Waals surface area (Å²) >= 11 is 0. The highest BCUT2D eigenvalue weighted by Crippen LogP contribution is 2.40. The van der Waals surface area contributed by atoms with Gasteiger partial charge in [0.15, 0.2) is 0 Å². The van der Waals surface area contributed by atoms with Gasteiger partial charge in [-0.05, 0) is 36.9 Å². The number of rotatable bonds is 9. The monoisotopic (exact) mass is 252 g/mol. The minimum absolute atomic E-state index is 0.0983. The van der Waals surface area contributed by atoms with Crippen LogP contribution in [0, 0.1) is 5.92 Å². The first-order valence-electron chi connectivity index (χ1n) is 6.92. The third-order valence-electron chi connectivity index (χ3n) is 3.38. The third kappa shape index (κ3) is 3.83. The largest absolute Gasteiger partial charge is 0.394 e. The van der Waals surface area contributed by atoms with E-state index in [0.29, 0.717) is 19.3 Å². The maximum absolute atomic E-state index is 8.63. The van der Waals surface area contributed by atoms with E-state index in [4.69, 9.17) is 9.84 Å². The van der Waals surface area contributed by atoms with Gasteiger partial charge in [-0.25, -0.2) is 0 Å². The fraction of sp³-hybridized carbons (Fsp3) is 0.714. The zero-order valence-electron chi connectivity index (χ0n) is 11.1. The van der Waals surface area contributed by atoms with Crippen LogP contribution >= 0.6 is 0 Å². The Morgan fingerprint density at radius 3 is 3.00 bits per heavy atom. The Labute approximate surface area is 109 Å². The number of aliphatic hydroxyl groups is 1. The molecule has 0 aliphatic heterocycles. The van der Waals surface area contributed by atoms with Gasteiger partial charge in [-0.1, -0.05) is 6.92 Å². The molecule has 2 rings (SSSR count). The van der Waals surface area contributed by atoms with Crippen LogP contribution in [0.1, 0.15) is 31.4 Å². The smallest absolute Gasteiger partial charge is 0.0698 e. The molecule has 1 aliphatic rings. The summed E-state index contributed by atoms with van der Waals surface area (Å²) in [5.41, 5.74) is 1.39. The standard InChI is InChI=1S/C14H24N2O2/c1-2-15-14(12-3-4-12)13-5-6-16(11-13)7-9-18-10-8-17/h5-6,11-12,14-15,17H,2-4,7-10H2,1H3. The van der Waals surface area contributed by atoms with E-state index >= 15 is 0 Å². The molecule has 2 N–H and O–H groups in total. The minimum atomic E-state index is 0.0983. The van der Waals surface area contributed by atoms with Gasteiger partial charge >= 0.3 is 0 Å². The van der Waals surface area contributed by atoms with Gasteiger partial charge in [-0.3, -0.25) is 0 Å².